The molecule has 3 aromatic rings. The number of anilines is 1. The van der Waals surface area contributed by atoms with Crippen LogP contribution in [0.5, 0.6) is 0 Å². The Morgan fingerprint density at radius 1 is 1.20 bits per heavy atom. The summed E-state index contributed by atoms with van der Waals surface area (Å²) in [7, 11) is 0. The number of H-pyrrole nitrogens is 1. The topological polar surface area (TPSA) is 83.6 Å². The first kappa shape index (κ1) is 19.0. The van der Waals surface area contributed by atoms with Gasteiger partial charge in [-0.2, -0.15) is 4.39 Å². The third-order valence-corrected chi connectivity index (χ3v) is 5.98. The molecule has 0 bridgehead atoms. The largest absolute Gasteiger partial charge is 0.367 e. The lowest BCUT2D eigenvalue weighted by molar-refractivity contribution is -0.109. The van der Waals surface area contributed by atoms with E-state index in [2.05, 4.69) is 25.3 Å². The molecule has 0 amide bonds. The summed E-state index contributed by atoms with van der Waals surface area (Å²) in [5, 5.41) is 3.85. The lowest BCUT2D eigenvalue weighted by Crippen LogP contribution is -2.36. The number of alkyl halides is 2. The Morgan fingerprint density at radius 3 is 2.67 bits per heavy atom. The molecule has 2 saturated carbocycles. The first-order valence-corrected chi connectivity index (χ1v) is 10.1. The summed E-state index contributed by atoms with van der Waals surface area (Å²) >= 11 is 0. The van der Waals surface area contributed by atoms with E-state index in [9.17, 15) is 18.0 Å². The van der Waals surface area contributed by atoms with E-state index in [1.54, 1.807) is 0 Å². The van der Waals surface area contributed by atoms with Gasteiger partial charge in [-0.25, -0.2) is 23.7 Å². The zero-order valence-electron chi connectivity index (χ0n) is 16.1. The van der Waals surface area contributed by atoms with E-state index < -0.39 is 17.7 Å². The van der Waals surface area contributed by atoms with Crippen LogP contribution in [0.4, 0.5) is 19.0 Å². The van der Waals surface area contributed by atoms with Gasteiger partial charge in [0.25, 0.3) is 0 Å². The van der Waals surface area contributed by atoms with E-state index in [0.29, 0.717) is 28.6 Å². The minimum Gasteiger partial charge on any atom is -0.367 e. The molecule has 9 heteroatoms. The Bertz CT molecular complexity index is 1120. The summed E-state index contributed by atoms with van der Waals surface area (Å²) < 4.78 is 40.7. The summed E-state index contributed by atoms with van der Waals surface area (Å²) in [5.74, 6) is -3.71. The Balaban J connectivity index is 1.41. The molecule has 0 spiro atoms. The molecule has 0 atom stereocenters. The van der Waals surface area contributed by atoms with Crippen LogP contribution >= 0.6 is 0 Å². The lowest BCUT2D eigenvalue weighted by Gasteiger charge is -2.34. The van der Waals surface area contributed by atoms with Crippen molar-refractivity contribution in [3.8, 4) is 0 Å². The van der Waals surface area contributed by atoms with Crippen molar-refractivity contribution in [3.05, 3.63) is 47.4 Å². The number of nitrogens with zero attached hydrogens (tertiary/aromatic N) is 3. The maximum absolute atomic E-state index is 14.7. The highest BCUT2D eigenvalue weighted by molar-refractivity contribution is 6.18. The average molecular weight is 415 g/mol. The molecule has 2 aliphatic rings. The molecule has 0 unspecified atom stereocenters. The minimum absolute atomic E-state index is 0.169. The van der Waals surface area contributed by atoms with Crippen LogP contribution in [-0.2, 0) is 6.42 Å². The van der Waals surface area contributed by atoms with Gasteiger partial charge in [-0.1, -0.05) is 0 Å². The summed E-state index contributed by atoms with van der Waals surface area (Å²) in [6.45, 7) is 0. The summed E-state index contributed by atoms with van der Waals surface area (Å²) in [6, 6.07) is 3.21. The zero-order valence-corrected chi connectivity index (χ0v) is 16.1. The summed E-state index contributed by atoms with van der Waals surface area (Å²) in [6.07, 6.45) is 5.99. The van der Waals surface area contributed by atoms with Crippen LogP contribution in [0.25, 0.3) is 11.0 Å². The lowest BCUT2D eigenvalue weighted by atomic mass is 9.78. The number of carbonyl (C=O) groups is 1. The number of aromatic nitrogens is 4. The second-order valence-corrected chi connectivity index (χ2v) is 8.22. The molecule has 3 heterocycles. The number of pyridine rings is 1. The number of ketones is 1. The van der Waals surface area contributed by atoms with Crippen molar-refractivity contribution in [1.82, 2.24) is 19.9 Å². The van der Waals surface area contributed by atoms with Crippen molar-refractivity contribution < 1.29 is 18.0 Å². The van der Waals surface area contributed by atoms with Crippen molar-refractivity contribution in [1.29, 1.82) is 0 Å². The highest BCUT2D eigenvalue weighted by atomic mass is 19.3. The average Bonchev–Trinajstić information content (AvgIpc) is 3.08. The van der Waals surface area contributed by atoms with Crippen LogP contribution in [0.3, 0.4) is 0 Å². The number of hydrogen-bond donors (Lipinski definition) is 2. The number of carbonyl (C=O) groups excluding carboxylic acids is 1. The van der Waals surface area contributed by atoms with Crippen LogP contribution < -0.4 is 5.32 Å². The number of fused-ring (bicyclic) bond motifs is 1. The molecule has 0 saturated heterocycles. The zero-order chi connectivity index (χ0) is 20.9. The molecule has 30 heavy (non-hydrogen) atoms. The van der Waals surface area contributed by atoms with Gasteiger partial charge in [0.2, 0.25) is 11.9 Å². The van der Waals surface area contributed by atoms with Gasteiger partial charge in [-0.05, 0) is 43.7 Å². The Kier molecular flexibility index (Phi) is 4.48. The molecular weight excluding hydrogens is 395 g/mol. The molecule has 0 aliphatic heterocycles. The van der Waals surface area contributed by atoms with Crippen LogP contribution in [0.2, 0.25) is 0 Å². The van der Waals surface area contributed by atoms with E-state index in [1.165, 1.54) is 24.7 Å². The van der Waals surface area contributed by atoms with Gasteiger partial charge in [0.15, 0.2) is 5.78 Å². The summed E-state index contributed by atoms with van der Waals surface area (Å²) in [5.41, 5.74) is 0.960. The molecule has 3 aromatic heterocycles. The maximum atomic E-state index is 14.7. The van der Waals surface area contributed by atoms with Crippen LogP contribution in [0.15, 0.2) is 24.7 Å². The van der Waals surface area contributed by atoms with Crippen molar-refractivity contribution >= 4 is 22.6 Å². The fourth-order valence-electron chi connectivity index (χ4n) is 4.12. The van der Waals surface area contributed by atoms with Gasteiger partial charge >= 0.3 is 0 Å². The molecule has 156 valence electrons. The third-order valence-electron chi connectivity index (χ3n) is 5.98. The van der Waals surface area contributed by atoms with Crippen molar-refractivity contribution in [2.45, 2.75) is 50.5 Å². The molecule has 0 aromatic carbocycles. The van der Waals surface area contributed by atoms with E-state index in [0.717, 1.165) is 19.3 Å². The number of nitrogens with one attached hydrogen (secondary N) is 2. The Labute approximate surface area is 170 Å². The fraction of sp³-hybridized carbons (Fsp3) is 0.429. The molecule has 2 aliphatic carbocycles. The van der Waals surface area contributed by atoms with Gasteiger partial charge in [-0.15, -0.1) is 0 Å². The van der Waals surface area contributed by atoms with Gasteiger partial charge < -0.3 is 10.3 Å². The van der Waals surface area contributed by atoms with Gasteiger partial charge in [0.1, 0.15) is 17.8 Å². The van der Waals surface area contributed by atoms with E-state index in [-0.39, 0.29) is 36.3 Å². The monoisotopic (exact) mass is 415 g/mol. The summed E-state index contributed by atoms with van der Waals surface area (Å²) in [4.78, 5) is 28.3. The molecule has 5 rings (SSSR count). The molecule has 2 N–H and O–H groups in total. The van der Waals surface area contributed by atoms with Crippen LogP contribution in [0, 0.1) is 11.9 Å². The highest BCUT2D eigenvalue weighted by Crippen LogP contribution is 2.43. The molecule has 6 nitrogen and oxygen atoms in total. The molecular formula is C21H20F3N5O. The predicted molar refractivity (Wildman–Crippen MR) is 104 cm³/mol. The number of rotatable bonds is 6. The fourth-order valence-corrected chi connectivity index (χ4v) is 4.12. The van der Waals surface area contributed by atoms with Gasteiger partial charge in [0, 0.05) is 30.8 Å². The maximum Gasteiger partial charge on any atom is 0.248 e. The van der Waals surface area contributed by atoms with Crippen LogP contribution in [-0.4, -0.2) is 37.7 Å². The Hall–Kier alpha value is -2.97. The van der Waals surface area contributed by atoms with Crippen molar-refractivity contribution in [2.75, 3.05) is 5.32 Å². The second kappa shape index (κ2) is 7.07. The van der Waals surface area contributed by atoms with Crippen molar-refractivity contribution in [2.24, 2.45) is 5.92 Å². The molecule has 2 fully saturated rings. The van der Waals surface area contributed by atoms with Crippen LogP contribution in [0.1, 0.15) is 53.7 Å². The SMILES string of the molecule is O=C(c1ccc(CC2CC(F)(F)C2)nc1F)c1c[nH]c2ncnc(NC3CCC3)c12. The second-order valence-electron chi connectivity index (χ2n) is 8.22. The molecule has 0 radical (unpaired) electrons. The minimum atomic E-state index is -2.62. The Morgan fingerprint density at radius 2 is 2.00 bits per heavy atom. The predicted octanol–water partition coefficient (Wildman–Crippen LogP) is 4.28. The number of halogens is 3. The highest BCUT2D eigenvalue weighted by Gasteiger charge is 2.45. The van der Waals surface area contributed by atoms with E-state index in [1.807, 2.05) is 0 Å². The number of aromatic amines is 1. The van der Waals surface area contributed by atoms with E-state index in [4.69, 9.17) is 0 Å². The standard InChI is InChI=1S/C21H20F3N5O/c22-18-14(5-4-13(28-18)6-11-7-21(23,24)8-11)17(30)15-9-25-19-16(15)20(27-10-26-19)29-12-2-1-3-12/h4-5,9-12H,1-3,6-8H2,(H2,25,26,27,29). The van der Waals surface area contributed by atoms with Gasteiger partial charge in [0.05, 0.1) is 16.5 Å². The quantitative estimate of drug-likeness (QED) is 0.464. The first-order chi connectivity index (χ1) is 14.4. The van der Waals surface area contributed by atoms with E-state index >= 15 is 0 Å². The third kappa shape index (κ3) is 3.42. The van der Waals surface area contributed by atoms with Gasteiger partial charge in [-0.3, -0.25) is 4.79 Å². The van der Waals surface area contributed by atoms with Crippen molar-refractivity contribution in [3.63, 3.8) is 0 Å². The number of hydrogen-bond acceptors (Lipinski definition) is 5. The normalized spacial score (nSPS) is 18.8. The smallest absolute Gasteiger partial charge is 0.248 e. The first-order valence-electron chi connectivity index (χ1n) is 10.1.